The zero-order valence-electron chi connectivity index (χ0n) is 10.3. The largest absolute Gasteiger partial charge is 0.497 e. The van der Waals surface area contributed by atoms with Crippen molar-refractivity contribution >= 4 is 5.84 Å². The molecule has 0 aliphatic rings. The van der Waals surface area contributed by atoms with E-state index in [0.717, 1.165) is 0 Å². The summed E-state index contributed by atoms with van der Waals surface area (Å²) in [5.41, 5.74) is 6.12. The molecule has 0 aromatic heterocycles. The first-order valence-electron chi connectivity index (χ1n) is 5.37. The summed E-state index contributed by atoms with van der Waals surface area (Å²) in [5, 5.41) is 11.7. The van der Waals surface area contributed by atoms with Crippen LogP contribution in [0.4, 0.5) is 0 Å². The number of methoxy groups -OCH3 is 1. The second-order valence-electron chi connectivity index (χ2n) is 4.05. The van der Waals surface area contributed by atoms with Gasteiger partial charge in [0, 0.05) is 6.07 Å². The molecular weight excluding hydrogens is 220 g/mol. The molecule has 0 bridgehead atoms. The van der Waals surface area contributed by atoms with Crippen LogP contribution < -0.4 is 15.2 Å². The van der Waals surface area contributed by atoms with Gasteiger partial charge in [-0.3, -0.25) is 0 Å². The number of oxime groups is 1. The molecule has 17 heavy (non-hydrogen) atoms. The summed E-state index contributed by atoms with van der Waals surface area (Å²) in [6.45, 7) is 4.64. The monoisotopic (exact) mass is 238 g/mol. The summed E-state index contributed by atoms with van der Waals surface area (Å²) in [5.74, 6) is 1.62. The zero-order chi connectivity index (χ0) is 12.8. The van der Waals surface area contributed by atoms with Gasteiger partial charge in [0.1, 0.15) is 11.5 Å². The number of amidine groups is 1. The lowest BCUT2D eigenvalue weighted by Gasteiger charge is -2.13. The molecule has 0 amide bonds. The molecule has 0 saturated heterocycles. The smallest absolute Gasteiger partial charge is 0.173 e. The number of hydrogen-bond donors (Lipinski definition) is 2. The Morgan fingerprint density at radius 1 is 1.47 bits per heavy atom. The second-order valence-corrected chi connectivity index (χ2v) is 4.05. The summed E-state index contributed by atoms with van der Waals surface area (Å²) in [6.07, 6.45) is 0. The lowest BCUT2D eigenvalue weighted by Crippen LogP contribution is -2.16. The Balaban J connectivity index is 3.03. The third-order valence-electron chi connectivity index (χ3n) is 2.14. The predicted octanol–water partition coefficient (Wildman–Crippen LogP) is 1.82. The first-order valence-corrected chi connectivity index (χ1v) is 5.37. The van der Waals surface area contributed by atoms with Crippen molar-refractivity contribution in [1.29, 1.82) is 0 Å². The van der Waals surface area contributed by atoms with Crippen LogP contribution in [0.2, 0.25) is 0 Å². The van der Waals surface area contributed by atoms with E-state index < -0.39 is 0 Å². The van der Waals surface area contributed by atoms with Crippen LogP contribution in [0.3, 0.4) is 0 Å². The minimum Gasteiger partial charge on any atom is -0.497 e. The van der Waals surface area contributed by atoms with E-state index in [1.807, 2.05) is 13.8 Å². The van der Waals surface area contributed by atoms with E-state index in [1.54, 1.807) is 25.3 Å². The fourth-order valence-corrected chi connectivity index (χ4v) is 1.27. The Kier molecular flexibility index (Phi) is 4.63. The van der Waals surface area contributed by atoms with Crippen molar-refractivity contribution in [1.82, 2.24) is 0 Å². The molecule has 94 valence electrons. The summed E-state index contributed by atoms with van der Waals surface area (Å²) in [6, 6.07) is 5.15. The topological polar surface area (TPSA) is 77.1 Å². The highest BCUT2D eigenvalue weighted by atomic mass is 16.5. The Morgan fingerprint density at radius 3 is 2.71 bits per heavy atom. The first-order chi connectivity index (χ1) is 8.08. The second kappa shape index (κ2) is 5.98. The molecule has 0 saturated carbocycles. The first kappa shape index (κ1) is 13.2. The van der Waals surface area contributed by atoms with Crippen LogP contribution in [0.1, 0.15) is 19.4 Å². The number of nitrogens with zero attached hydrogens (tertiary/aromatic N) is 1. The van der Waals surface area contributed by atoms with E-state index in [2.05, 4.69) is 5.16 Å². The van der Waals surface area contributed by atoms with Crippen molar-refractivity contribution in [2.75, 3.05) is 13.7 Å². The maximum absolute atomic E-state index is 8.69. The van der Waals surface area contributed by atoms with Crippen LogP contribution in [0, 0.1) is 5.92 Å². The van der Waals surface area contributed by atoms with Crippen LogP contribution in [-0.2, 0) is 0 Å². The van der Waals surface area contributed by atoms with Gasteiger partial charge in [0.2, 0.25) is 0 Å². The Bertz CT molecular complexity index is 403. The highest BCUT2D eigenvalue weighted by molar-refractivity contribution is 5.99. The maximum atomic E-state index is 8.69. The number of ether oxygens (including phenoxy) is 2. The predicted molar refractivity (Wildman–Crippen MR) is 65.8 cm³/mol. The number of benzene rings is 1. The van der Waals surface area contributed by atoms with E-state index in [-0.39, 0.29) is 5.84 Å². The average Bonchev–Trinajstić information content (AvgIpc) is 2.34. The molecule has 0 atom stereocenters. The van der Waals surface area contributed by atoms with Gasteiger partial charge in [-0.25, -0.2) is 0 Å². The summed E-state index contributed by atoms with van der Waals surface area (Å²) in [7, 11) is 1.57. The van der Waals surface area contributed by atoms with Gasteiger partial charge in [0.15, 0.2) is 5.84 Å². The molecule has 1 aromatic rings. The number of hydrogen-bond acceptors (Lipinski definition) is 4. The fourth-order valence-electron chi connectivity index (χ4n) is 1.27. The van der Waals surface area contributed by atoms with E-state index in [9.17, 15) is 0 Å². The molecule has 0 spiro atoms. The lowest BCUT2D eigenvalue weighted by molar-refractivity contribution is 0.268. The number of nitrogens with two attached hydrogens (primary N) is 1. The van der Waals surface area contributed by atoms with Crippen molar-refractivity contribution in [3.05, 3.63) is 23.8 Å². The van der Waals surface area contributed by atoms with Gasteiger partial charge in [-0.2, -0.15) is 0 Å². The summed E-state index contributed by atoms with van der Waals surface area (Å²) in [4.78, 5) is 0. The zero-order valence-corrected chi connectivity index (χ0v) is 10.3. The van der Waals surface area contributed by atoms with Crippen LogP contribution in [-0.4, -0.2) is 24.8 Å². The highest BCUT2D eigenvalue weighted by Gasteiger charge is 2.10. The quantitative estimate of drug-likeness (QED) is 0.355. The molecule has 5 heteroatoms. The van der Waals surface area contributed by atoms with Crippen LogP contribution >= 0.6 is 0 Å². The van der Waals surface area contributed by atoms with Crippen molar-refractivity contribution < 1.29 is 14.7 Å². The van der Waals surface area contributed by atoms with Crippen molar-refractivity contribution in [3.8, 4) is 11.5 Å². The van der Waals surface area contributed by atoms with Gasteiger partial charge in [-0.05, 0) is 18.1 Å². The van der Waals surface area contributed by atoms with Crippen molar-refractivity contribution in [3.63, 3.8) is 0 Å². The van der Waals surface area contributed by atoms with Crippen LogP contribution in [0.5, 0.6) is 11.5 Å². The molecule has 0 fully saturated rings. The Morgan fingerprint density at radius 2 is 2.18 bits per heavy atom. The lowest BCUT2D eigenvalue weighted by atomic mass is 10.1. The Hall–Kier alpha value is -1.91. The highest BCUT2D eigenvalue weighted by Crippen LogP contribution is 2.25. The normalized spacial score (nSPS) is 11.6. The van der Waals surface area contributed by atoms with Gasteiger partial charge in [0.05, 0.1) is 19.3 Å². The molecular formula is C12H18N2O3. The van der Waals surface area contributed by atoms with Gasteiger partial charge < -0.3 is 20.4 Å². The van der Waals surface area contributed by atoms with Crippen LogP contribution in [0.15, 0.2) is 23.4 Å². The van der Waals surface area contributed by atoms with Crippen molar-refractivity contribution in [2.24, 2.45) is 16.8 Å². The third-order valence-corrected chi connectivity index (χ3v) is 2.14. The van der Waals surface area contributed by atoms with Gasteiger partial charge >= 0.3 is 0 Å². The van der Waals surface area contributed by atoms with Gasteiger partial charge in [0.25, 0.3) is 0 Å². The number of rotatable bonds is 5. The minimum atomic E-state index is 0.0198. The molecule has 0 radical (unpaired) electrons. The molecule has 1 rings (SSSR count). The van der Waals surface area contributed by atoms with E-state index in [1.165, 1.54) is 0 Å². The van der Waals surface area contributed by atoms with Crippen LogP contribution in [0.25, 0.3) is 0 Å². The van der Waals surface area contributed by atoms with Crippen molar-refractivity contribution in [2.45, 2.75) is 13.8 Å². The van der Waals surface area contributed by atoms with E-state index in [0.29, 0.717) is 29.6 Å². The average molecular weight is 238 g/mol. The summed E-state index contributed by atoms with van der Waals surface area (Å²) >= 11 is 0. The van der Waals surface area contributed by atoms with Gasteiger partial charge in [-0.15, -0.1) is 0 Å². The maximum Gasteiger partial charge on any atom is 0.173 e. The molecule has 1 aromatic carbocycles. The van der Waals surface area contributed by atoms with E-state index in [4.69, 9.17) is 20.4 Å². The molecule has 0 heterocycles. The molecule has 0 aliphatic carbocycles. The standard InChI is InChI=1S/C12H18N2O3/c1-8(2)7-17-11-6-9(16-3)4-5-10(11)12(13)14-15/h4-6,8,15H,7H2,1-3H3,(H2,13,14). The molecule has 0 unspecified atom stereocenters. The minimum absolute atomic E-state index is 0.0198. The summed E-state index contributed by atoms with van der Waals surface area (Å²) < 4.78 is 10.7. The Labute approximate surface area is 101 Å². The molecule has 0 aliphatic heterocycles. The molecule has 3 N–H and O–H groups in total. The van der Waals surface area contributed by atoms with E-state index >= 15 is 0 Å². The SMILES string of the molecule is COc1ccc(/C(N)=N/O)c(OCC(C)C)c1. The fraction of sp³-hybridized carbons (Fsp3) is 0.417. The van der Waals surface area contributed by atoms with Gasteiger partial charge in [-0.1, -0.05) is 19.0 Å². The third kappa shape index (κ3) is 3.55. The molecule has 5 nitrogen and oxygen atoms in total.